The van der Waals surface area contributed by atoms with Crippen molar-refractivity contribution in [2.45, 2.75) is 57.3 Å². The third-order valence-corrected chi connectivity index (χ3v) is 6.52. The summed E-state index contributed by atoms with van der Waals surface area (Å²) >= 11 is 0. The van der Waals surface area contributed by atoms with Gasteiger partial charge in [0.25, 0.3) is 5.91 Å². The molecule has 0 bridgehead atoms. The van der Waals surface area contributed by atoms with E-state index in [4.69, 9.17) is 0 Å². The zero-order chi connectivity index (χ0) is 22.7. The SMILES string of the molecule is CCN(C)c1cc(C(=O)NC[C@@H](O)[C@@H]2Cc3ccc(O)cc3CN2)cc(NC2CCC2)n1. The smallest absolute Gasteiger partial charge is 0.251 e. The van der Waals surface area contributed by atoms with E-state index in [0.29, 0.717) is 30.4 Å². The van der Waals surface area contributed by atoms with Crippen LogP contribution in [-0.2, 0) is 13.0 Å². The predicted octanol–water partition coefficient (Wildman–Crippen LogP) is 2.01. The average molecular weight is 440 g/mol. The number of phenolic OH excluding ortho intramolecular Hbond substituents is 1. The fourth-order valence-electron chi connectivity index (χ4n) is 4.08. The van der Waals surface area contributed by atoms with Crippen LogP contribution in [0.4, 0.5) is 11.6 Å². The highest BCUT2D eigenvalue weighted by Gasteiger charge is 2.25. The molecule has 0 saturated heterocycles. The number of pyridine rings is 1. The van der Waals surface area contributed by atoms with Crippen molar-refractivity contribution < 1.29 is 15.0 Å². The first-order chi connectivity index (χ1) is 15.4. The summed E-state index contributed by atoms with van der Waals surface area (Å²) < 4.78 is 0. The van der Waals surface area contributed by atoms with Gasteiger partial charge in [0.05, 0.1) is 6.10 Å². The third kappa shape index (κ3) is 5.14. The number of aliphatic hydroxyl groups is 1. The van der Waals surface area contributed by atoms with Crippen LogP contribution >= 0.6 is 0 Å². The second-order valence-corrected chi connectivity index (χ2v) is 8.81. The molecule has 2 aliphatic rings. The van der Waals surface area contributed by atoms with Gasteiger partial charge in [0, 0.05) is 44.3 Å². The van der Waals surface area contributed by atoms with Crippen molar-refractivity contribution in [1.82, 2.24) is 15.6 Å². The van der Waals surface area contributed by atoms with E-state index in [1.807, 2.05) is 24.9 Å². The van der Waals surface area contributed by atoms with Crippen molar-refractivity contribution >= 4 is 17.5 Å². The number of carbonyl (C=O) groups is 1. The van der Waals surface area contributed by atoms with Crippen LogP contribution < -0.4 is 20.9 Å². The van der Waals surface area contributed by atoms with Gasteiger partial charge in [-0.1, -0.05) is 6.07 Å². The molecule has 1 aliphatic heterocycles. The minimum atomic E-state index is -0.729. The summed E-state index contributed by atoms with van der Waals surface area (Å²) in [7, 11) is 1.95. The summed E-state index contributed by atoms with van der Waals surface area (Å²) in [4.78, 5) is 19.6. The Kier molecular flexibility index (Phi) is 6.81. The molecule has 1 amide bonds. The lowest BCUT2D eigenvalue weighted by Gasteiger charge is -2.30. The maximum absolute atomic E-state index is 12.9. The van der Waals surface area contributed by atoms with E-state index < -0.39 is 6.10 Å². The number of nitrogens with one attached hydrogen (secondary N) is 3. The van der Waals surface area contributed by atoms with E-state index in [1.54, 1.807) is 24.3 Å². The fourth-order valence-corrected chi connectivity index (χ4v) is 4.08. The molecule has 172 valence electrons. The highest BCUT2D eigenvalue weighted by molar-refractivity contribution is 5.95. The average Bonchev–Trinajstić information content (AvgIpc) is 2.78. The Labute approximate surface area is 189 Å². The molecule has 1 saturated carbocycles. The number of amides is 1. The van der Waals surface area contributed by atoms with Gasteiger partial charge in [0.1, 0.15) is 17.4 Å². The molecule has 0 unspecified atom stereocenters. The first-order valence-electron chi connectivity index (χ1n) is 11.4. The summed E-state index contributed by atoms with van der Waals surface area (Å²) in [6.07, 6.45) is 3.38. The first kappa shape index (κ1) is 22.4. The summed E-state index contributed by atoms with van der Waals surface area (Å²) in [6, 6.07) is 9.14. The number of benzene rings is 1. The molecule has 4 rings (SSSR count). The van der Waals surface area contributed by atoms with E-state index in [9.17, 15) is 15.0 Å². The maximum Gasteiger partial charge on any atom is 0.251 e. The lowest BCUT2D eigenvalue weighted by Crippen LogP contribution is -2.49. The van der Waals surface area contributed by atoms with E-state index >= 15 is 0 Å². The zero-order valence-corrected chi connectivity index (χ0v) is 18.8. The van der Waals surface area contributed by atoms with Gasteiger partial charge in [-0.2, -0.15) is 0 Å². The topological polar surface area (TPSA) is 110 Å². The number of fused-ring (bicyclic) bond motifs is 1. The largest absolute Gasteiger partial charge is 0.508 e. The molecule has 32 heavy (non-hydrogen) atoms. The Morgan fingerprint density at radius 3 is 2.81 bits per heavy atom. The lowest BCUT2D eigenvalue weighted by molar-refractivity contribution is 0.0870. The van der Waals surface area contributed by atoms with Crippen LogP contribution in [0.5, 0.6) is 5.75 Å². The predicted molar refractivity (Wildman–Crippen MR) is 125 cm³/mol. The zero-order valence-electron chi connectivity index (χ0n) is 18.8. The number of rotatable bonds is 8. The van der Waals surface area contributed by atoms with Gasteiger partial charge < -0.3 is 31.1 Å². The minimum Gasteiger partial charge on any atom is -0.508 e. The first-order valence-corrected chi connectivity index (χ1v) is 11.4. The van der Waals surface area contributed by atoms with Gasteiger partial charge in [0.15, 0.2) is 0 Å². The van der Waals surface area contributed by atoms with Crippen LogP contribution in [0, 0.1) is 0 Å². The minimum absolute atomic E-state index is 0.149. The van der Waals surface area contributed by atoms with E-state index in [1.165, 1.54) is 6.42 Å². The number of anilines is 2. The van der Waals surface area contributed by atoms with Gasteiger partial charge in [0.2, 0.25) is 0 Å². The number of aliphatic hydroxyl groups excluding tert-OH is 1. The van der Waals surface area contributed by atoms with Gasteiger partial charge in [-0.05, 0) is 68.0 Å². The quantitative estimate of drug-likeness (QED) is 0.428. The van der Waals surface area contributed by atoms with E-state index in [-0.39, 0.29) is 24.2 Å². The monoisotopic (exact) mass is 439 g/mol. The van der Waals surface area contributed by atoms with Crippen LogP contribution in [0.25, 0.3) is 0 Å². The Morgan fingerprint density at radius 1 is 1.28 bits per heavy atom. The third-order valence-electron chi connectivity index (χ3n) is 6.52. The molecule has 8 nitrogen and oxygen atoms in total. The summed E-state index contributed by atoms with van der Waals surface area (Å²) in [5, 5.41) is 29.9. The molecule has 1 aliphatic carbocycles. The van der Waals surface area contributed by atoms with Crippen LogP contribution in [0.3, 0.4) is 0 Å². The number of aromatic hydroxyl groups is 1. The molecular formula is C24H33N5O3. The van der Waals surface area contributed by atoms with Gasteiger partial charge in [-0.3, -0.25) is 4.79 Å². The van der Waals surface area contributed by atoms with Crippen LogP contribution in [-0.4, -0.2) is 59.4 Å². The van der Waals surface area contributed by atoms with Gasteiger partial charge in [-0.15, -0.1) is 0 Å². The van der Waals surface area contributed by atoms with Gasteiger partial charge in [-0.25, -0.2) is 4.98 Å². The molecule has 5 N–H and O–H groups in total. The summed E-state index contributed by atoms with van der Waals surface area (Å²) in [6.45, 7) is 3.55. The number of phenols is 1. The highest BCUT2D eigenvalue weighted by atomic mass is 16.3. The second kappa shape index (κ2) is 9.75. The van der Waals surface area contributed by atoms with E-state index in [2.05, 4.69) is 20.9 Å². The normalized spacial score (nSPS) is 18.9. The number of hydrogen-bond acceptors (Lipinski definition) is 7. The molecule has 0 spiro atoms. The van der Waals surface area contributed by atoms with Crippen LogP contribution in [0.15, 0.2) is 30.3 Å². The highest BCUT2D eigenvalue weighted by Crippen LogP contribution is 2.25. The van der Waals surface area contributed by atoms with Crippen LogP contribution in [0.1, 0.15) is 47.7 Å². The molecule has 2 aromatic rings. The van der Waals surface area contributed by atoms with Gasteiger partial charge >= 0.3 is 0 Å². The second-order valence-electron chi connectivity index (χ2n) is 8.81. The Hall–Kier alpha value is -2.84. The van der Waals surface area contributed by atoms with Crippen molar-refractivity contribution in [2.24, 2.45) is 0 Å². The van der Waals surface area contributed by atoms with Crippen molar-refractivity contribution in [3.05, 3.63) is 47.0 Å². The number of aromatic nitrogens is 1. The molecule has 2 atom stereocenters. The lowest BCUT2D eigenvalue weighted by atomic mass is 9.92. The molecule has 8 heteroatoms. The molecule has 0 radical (unpaired) electrons. The maximum atomic E-state index is 12.9. The Bertz CT molecular complexity index is 963. The number of nitrogens with zero attached hydrogens (tertiary/aromatic N) is 2. The summed E-state index contributed by atoms with van der Waals surface area (Å²) in [5.41, 5.74) is 2.67. The number of carbonyl (C=O) groups excluding carboxylic acids is 1. The van der Waals surface area contributed by atoms with Crippen molar-refractivity contribution in [3.8, 4) is 5.75 Å². The van der Waals surface area contributed by atoms with Crippen molar-refractivity contribution in [1.29, 1.82) is 0 Å². The summed E-state index contributed by atoms with van der Waals surface area (Å²) in [5.74, 6) is 1.48. The molecule has 1 fully saturated rings. The Morgan fingerprint density at radius 2 is 2.09 bits per heavy atom. The van der Waals surface area contributed by atoms with Crippen molar-refractivity contribution in [3.63, 3.8) is 0 Å². The molecular weight excluding hydrogens is 406 g/mol. The number of hydrogen-bond donors (Lipinski definition) is 5. The molecule has 1 aromatic heterocycles. The van der Waals surface area contributed by atoms with E-state index in [0.717, 1.165) is 36.3 Å². The Balaban J connectivity index is 1.39. The van der Waals surface area contributed by atoms with Crippen molar-refractivity contribution in [2.75, 3.05) is 30.4 Å². The fraction of sp³-hybridized carbons (Fsp3) is 0.500. The molecule has 1 aromatic carbocycles. The van der Waals surface area contributed by atoms with Crippen LogP contribution in [0.2, 0.25) is 0 Å². The standard InChI is InChI=1S/C24H33N5O3/c1-3-29(2)23-12-16(11-22(28-23)27-18-5-4-6-18)24(32)26-14-21(31)20-10-15-7-8-19(30)9-17(15)13-25-20/h7-9,11-12,18,20-21,25,30-31H,3-6,10,13-14H2,1-2H3,(H,26,32)(H,27,28)/t20-,21+/m0/s1. The molecule has 2 heterocycles.